The van der Waals surface area contributed by atoms with Crippen molar-refractivity contribution in [2.45, 2.75) is 70.1 Å². The van der Waals surface area contributed by atoms with Crippen molar-refractivity contribution in [3.05, 3.63) is 65.9 Å². The summed E-state index contributed by atoms with van der Waals surface area (Å²) in [6, 6.07) is 9.08. The first-order chi connectivity index (χ1) is 21.9. The molecule has 3 amide bonds. The molecule has 0 spiro atoms. The highest BCUT2D eigenvalue weighted by Gasteiger charge is 2.32. The van der Waals surface area contributed by atoms with Crippen molar-refractivity contribution in [2.75, 3.05) is 6.54 Å². The van der Waals surface area contributed by atoms with Gasteiger partial charge in [0, 0.05) is 36.5 Å². The molecule has 1 aromatic heterocycles. The van der Waals surface area contributed by atoms with Gasteiger partial charge in [0.15, 0.2) is 5.96 Å². The lowest BCUT2D eigenvalue weighted by Crippen LogP contribution is -2.58. The molecule has 14 nitrogen and oxygen atoms in total. The first-order valence-electron chi connectivity index (χ1n) is 15.2. The van der Waals surface area contributed by atoms with Crippen molar-refractivity contribution in [3.63, 3.8) is 0 Å². The Hall–Kier alpha value is -5.11. The number of amides is 3. The molecule has 0 radical (unpaired) electrons. The van der Waals surface area contributed by atoms with Gasteiger partial charge in [0.2, 0.25) is 17.7 Å². The molecule has 3 rings (SSSR count). The van der Waals surface area contributed by atoms with Gasteiger partial charge >= 0.3 is 5.97 Å². The highest BCUT2D eigenvalue weighted by atomic mass is 16.4. The van der Waals surface area contributed by atoms with Crippen LogP contribution in [0.3, 0.4) is 0 Å². The number of phenols is 1. The third kappa shape index (κ3) is 10.2. The number of para-hydroxylation sites is 1. The molecular formula is C32H44N8O6. The highest BCUT2D eigenvalue weighted by molar-refractivity contribution is 5.95. The first kappa shape index (κ1) is 35.4. The van der Waals surface area contributed by atoms with Gasteiger partial charge in [0.05, 0.1) is 6.04 Å². The molecule has 0 aliphatic heterocycles. The highest BCUT2D eigenvalue weighted by Crippen LogP contribution is 2.20. The largest absolute Gasteiger partial charge is 0.508 e. The van der Waals surface area contributed by atoms with E-state index in [9.17, 15) is 29.4 Å². The number of fused-ring (bicyclic) bond motifs is 1. The van der Waals surface area contributed by atoms with E-state index in [0.29, 0.717) is 18.4 Å². The van der Waals surface area contributed by atoms with Crippen LogP contribution in [0.1, 0.15) is 44.2 Å². The number of benzene rings is 2. The summed E-state index contributed by atoms with van der Waals surface area (Å²) in [6.45, 7) is 3.82. The third-order valence-corrected chi connectivity index (χ3v) is 7.82. The Morgan fingerprint density at radius 2 is 1.54 bits per heavy atom. The number of phenolic OH excluding ortho intramolecular Hbond substituents is 1. The number of guanidine groups is 1. The molecule has 0 aliphatic rings. The smallest absolute Gasteiger partial charge is 0.326 e. The summed E-state index contributed by atoms with van der Waals surface area (Å²) in [5.41, 5.74) is 19.0. The van der Waals surface area contributed by atoms with Crippen molar-refractivity contribution in [2.24, 2.45) is 28.1 Å². The van der Waals surface area contributed by atoms with Crippen LogP contribution >= 0.6 is 0 Å². The van der Waals surface area contributed by atoms with Gasteiger partial charge in [-0.3, -0.25) is 19.4 Å². The number of aromatic hydroxyl groups is 1. The molecule has 3 aromatic rings. The number of hydrogen-bond donors (Lipinski definition) is 9. The number of carbonyl (C=O) groups is 4. The Labute approximate surface area is 267 Å². The van der Waals surface area contributed by atoms with E-state index < -0.39 is 47.9 Å². The van der Waals surface area contributed by atoms with E-state index >= 15 is 0 Å². The molecule has 14 heteroatoms. The minimum Gasteiger partial charge on any atom is -0.508 e. The van der Waals surface area contributed by atoms with E-state index in [1.165, 1.54) is 12.1 Å². The van der Waals surface area contributed by atoms with Crippen LogP contribution in [-0.4, -0.2) is 75.6 Å². The number of nitrogens with two attached hydrogens (primary N) is 3. The van der Waals surface area contributed by atoms with E-state index in [-0.39, 0.29) is 43.4 Å². The summed E-state index contributed by atoms with van der Waals surface area (Å²) in [5.74, 6) is -3.56. The third-order valence-electron chi connectivity index (χ3n) is 7.82. The molecular weight excluding hydrogens is 592 g/mol. The van der Waals surface area contributed by atoms with Gasteiger partial charge in [0.25, 0.3) is 0 Å². The zero-order valence-electron chi connectivity index (χ0n) is 26.0. The van der Waals surface area contributed by atoms with Crippen LogP contribution in [0.25, 0.3) is 10.9 Å². The van der Waals surface area contributed by atoms with Crippen molar-refractivity contribution in [1.82, 2.24) is 20.9 Å². The van der Waals surface area contributed by atoms with Gasteiger partial charge in [-0.1, -0.05) is 50.6 Å². The second-order valence-electron chi connectivity index (χ2n) is 11.3. The van der Waals surface area contributed by atoms with E-state index in [1.54, 1.807) is 25.3 Å². The number of carbonyl (C=O) groups excluding carboxylic acids is 3. The number of H-pyrrole nitrogens is 1. The Morgan fingerprint density at radius 3 is 2.20 bits per heavy atom. The Bertz CT molecular complexity index is 1520. The molecule has 248 valence electrons. The second kappa shape index (κ2) is 16.8. The SMILES string of the molecule is CCC(C)C(NC(=O)C(Cc1c[nH]c2ccccc12)NC(=O)C(Cc1ccc(O)cc1)NC(=O)C(N)CCCN=C(N)N)C(=O)O. The maximum Gasteiger partial charge on any atom is 0.326 e. The predicted octanol–water partition coefficient (Wildman–Crippen LogP) is 0.625. The number of hydrogen-bond acceptors (Lipinski definition) is 7. The Kier molecular flexibility index (Phi) is 12.9. The summed E-state index contributed by atoms with van der Waals surface area (Å²) in [6.07, 6.45) is 2.97. The number of nitrogens with one attached hydrogen (secondary N) is 4. The zero-order valence-corrected chi connectivity index (χ0v) is 26.0. The average Bonchev–Trinajstić information content (AvgIpc) is 3.43. The van der Waals surface area contributed by atoms with Gasteiger partial charge in [-0.05, 0) is 48.1 Å². The molecule has 0 aliphatic carbocycles. The lowest BCUT2D eigenvalue weighted by molar-refractivity contribution is -0.143. The molecule has 46 heavy (non-hydrogen) atoms. The molecule has 0 fully saturated rings. The van der Waals surface area contributed by atoms with Crippen LogP contribution in [0.15, 0.2) is 59.7 Å². The monoisotopic (exact) mass is 636 g/mol. The number of aromatic amines is 1. The van der Waals surface area contributed by atoms with Crippen LogP contribution in [0, 0.1) is 5.92 Å². The van der Waals surface area contributed by atoms with Crippen molar-refractivity contribution in [1.29, 1.82) is 0 Å². The maximum absolute atomic E-state index is 13.9. The molecule has 0 bridgehead atoms. The normalized spacial score (nSPS) is 14.3. The van der Waals surface area contributed by atoms with Gasteiger partial charge in [-0.15, -0.1) is 0 Å². The summed E-state index contributed by atoms with van der Waals surface area (Å²) in [4.78, 5) is 59.6. The number of nitrogens with zero attached hydrogens (tertiary/aromatic N) is 1. The van der Waals surface area contributed by atoms with E-state index in [2.05, 4.69) is 25.9 Å². The standard InChI is InChI=1S/C32H44N8O6/c1-3-18(2)27(31(45)46)40-30(44)26(16-20-17-37-24-9-5-4-7-22(20)24)39-29(43)25(15-19-10-12-21(41)13-11-19)38-28(42)23(33)8-6-14-36-32(34)35/h4-5,7,9-13,17-18,23,25-27,37,41H,3,6,8,14-16,33H2,1-2H3,(H,38,42)(H,39,43)(H,40,44)(H,45,46)(H4,34,35,36). The minimum absolute atomic E-state index is 0.0185. The fourth-order valence-electron chi connectivity index (χ4n) is 4.95. The average molecular weight is 637 g/mol. The zero-order chi connectivity index (χ0) is 33.8. The molecule has 12 N–H and O–H groups in total. The van der Waals surface area contributed by atoms with E-state index in [0.717, 1.165) is 16.5 Å². The van der Waals surface area contributed by atoms with Crippen molar-refractivity contribution in [3.8, 4) is 5.75 Å². The molecule has 1 heterocycles. The number of carboxylic acid groups (broad SMARTS) is 1. The van der Waals surface area contributed by atoms with E-state index in [1.807, 2.05) is 31.2 Å². The van der Waals surface area contributed by atoms with Crippen LogP contribution in [0.5, 0.6) is 5.75 Å². The number of aliphatic imine (C=N–C) groups is 1. The summed E-state index contributed by atoms with van der Waals surface area (Å²) in [7, 11) is 0. The summed E-state index contributed by atoms with van der Waals surface area (Å²) in [5, 5.41) is 28.4. The van der Waals surface area contributed by atoms with Crippen LogP contribution < -0.4 is 33.2 Å². The van der Waals surface area contributed by atoms with Gasteiger partial charge in [0.1, 0.15) is 23.9 Å². The topological polar surface area (TPSA) is 251 Å². The molecule has 0 saturated carbocycles. The van der Waals surface area contributed by atoms with Gasteiger partial charge < -0.3 is 48.3 Å². The number of rotatable bonds is 17. The van der Waals surface area contributed by atoms with E-state index in [4.69, 9.17) is 17.2 Å². The molecule has 5 atom stereocenters. The number of carboxylic acids is 1. The van der Waals surface area contributed by atoms with Gasteiger partial charge in [-0.2, -0.15) is 0 Å². The van der Waals surface area contributed by atoms with Crippen molar-refractivity contribution >= 4 is 40.6 Å². The molecule has 2 aromatic carbocycles. The fraction of sp³-hybridized carbons (Fsp3) is 0.406. The molecule has 0 saturated heterocycles. The quantitative estimate of drug-likeness (QED) is 0.0571. The lowest BCUT2D eigenvalue weighted by Gasteiger charge is -2.26. The van der Waals surface area contributed by atoms with Crippen molar-refractivity contribution < 1.29 is 29.4 Å². The Morgan fingerprint density at radius 1 is 0.913 bits per heavy atom. The second-order valence-corrected chi connectivity index (χ2v) is 11.3. The van der Waals surface area contributed by atoms with Crippen LogP contribution in [0.2, 0.25) is 0 Å². The number of aliphatic carboxylic acids is 1. The van der Waals surface area contributed by atoms with Crippen LogP contribution in [0.4, 0.5) is 0 Å². The minimum atomic E-state index is -1.19. The number of aromatic nitrogens is 1. The van der Waals surface area contributed by atoms with Gasteiger partial charge in [-0.25, -0.2) is 4.79 Å². The lowest BCUT2D eigenvalue weighted by atomic mass is 9.97. The summed E-state index contributed by atoms with van der Waals surface area (Å²) < 4.78 is 0. The molecule has 5 unspecified atom stereocenters. The first-order valence-corrected chi connectivity index (χ1v) is 15.2. The van der Waals surface area contributed by atoms with Crippen LogP contribution in [-0.2, 0) is 32.0 Å². The maximum atomic E-state index is 13.9. The fourth-order valence-corrected chi connectivity index (χ4v) is 4.95. The Balaban J connectivity index is 1.88. The predicted molar refractivity (Wildman–Crippen MR) is 175 cm³/mol. The summed E-state index contributed by atoms with van der Waals surface area (Å²) >= 11 is 0.